The quantitative estimate of drug-likeness (QED) is 0.293. The van der Waals surface area contributed by atoms with Gasteiger partial charge in [0.15, 0.2) is 18.4 Å². The van der Waals surface area contributed by atoms with E-state index in [-0.39, 0.29) is 0 Å². The van der Waals surface area contributed by atoms with Crippen molar-refractivity contribution in [1.82, 2.24) is 0 Å². The molecule has 0 aliphatic rings. The molecule has 0 amide bonds. The van der Waals surface area contributed by atoms with E-state index in [2.05, 4.69) is 49.9 Å². The second kappa shape index (κ2) is 12.7. The van der Waals surface area contributed by atoms with Crippen molar-refractivity contribution in [2.75, 3.05) is 0 Å². The summed E-state index contributed by atoms with van der Waals surface area (Å²) < 4.78 is 2.31. The molecule has 1 aromatic rings. The highest BCUT2D eigenvalue weighted by molar-refractivity contribution is 5.05. The molecular weight excluding hydrogens is 266 g/mol. The van der Waals surface area contributed by atoms with Crippen molar-refractivity contribution in [2.45, 2.75) is 104 Å². The number of hydrogen-bond donors (Lipinski definition) is 0. The molecule has 0 unspecified atom stereocenters. The van der Waals surface area contributed by atoms with Crippen LogP contribution >= 0.6 is 0 Å². The second-order valence-corrected chi connectivity index (χ2v) is 7.04. The average Bonchev–Trinajstić information content (AvgIpc) is 2.53. The minimum absolute atomic E-state index is 0.567. The zero-order chi connectivity index (χ0) is 16.0. The summed E-state index contributed by atoms with van der Waals surface area (Å²) in [4.78, 5) is 0. The van der Waals surface area contributed by atoms with Crippen LogP contribution in [0.25, 0.3) is 0 Å². The summed E-state index contributed by atoms with van der Waals surface area (Å²) in [6.45, 7) is 6.77. The lowest BCUT2D eigenvalue weighted by atomic mass is 10.0. The summed E-state index contributed by atoms with van der Waals surface area (Å²) in [7, 11) is 0. The van der Waals surface area contributed by atoms with Gasteiger partial charge in [0.1, 0.15) is 0 Å². The summed E-state index contributed by atoms with van der Waals surface area (Å²) in [6, 6.07) is 5.03. The number of aryl methyl sites for hydroxylation is 1. The molecule has 0 aromatic carbocycles. The summed E-state index contributed by atoms with van der Waals surface area (Å²) in [5.74, 6) is 0. The van der Waals surface area contributed by atoms with Gasteiger partial charge in [-0.15, -0.1) is 0 Å². The lowest BCUT2D eigenvalue weighted by Gasteiger charge is -2.04. The first-order valence-corrected chi connectivity index (χ1v) is 9.73. The third-order valence-electron chi connectivity index (χ3n) is 4.55. The normalized spacial score (nSPS) is 11.3. The maximum Gasteiger partial charge on any atom is 0.172 e. The fraction of sp³-hybridized carbons (Fsp3) is 0.762. The molecule has 0 spiro atoms. The summed E-state index contributed by atoms with van der Waals surface area (Å²) in [5, 5.41) is 0. The Morgan fingerprint density at radius 1 is 0.818 bits per heavy atom. The van der Waals surface area contributed by atoms with Crippen molar-refractivity contribution < 1.29 is 4.57 Å². The van der Waals surface area contributed by atoms with Crippen LogP contribution in [0.4, 0.5) is 0 Å². The first-order valence-electron chi connectivity index (χ1n) is 9.73. The Hall–Kier alpha value is -0.850. The molecule has 0 saturated carbocycles. The lowest BCUT2D eigenvalue weighted by Crippen LogP contribution is -2.35. The molecule has 1 nitrogen and oxygen atoms in total. The van der Waals surface area contributed by atoms with E-state index >= 15 is 0 Å². The van der Waals surface area contributed by atoms with Crippen molar-refractivity contribution in [3.63, 3.8) is 0 Å². The van der Waals surface area contributed by atoms with Crippen LogP contribution in [-0.4, -0.2) is 0 Å². The van der Waals surface area contributed by atoms with Crippen LogP contribution in [0.1, 0.15) is 103 Å². The van der Waals surface area contributed by atoms with E-state index in [9.17, 15) is 0 Å². The SMILES string of the molecule is CCCCCCCCCCCCCc1ccc[n+](C(C)C)c1. The molecule has 0 aliphatic heterocycles. The van der Waals surface area contributed by atoms with Crippen LogP contribution in [0.5, 0.6) is 0 Å². The molecule has 0 saturated heterocycles. The van der Waals surface area contributed by atoms with Gasteiger partial charge in [0.05, 0.1) is 0 Å². The van der Waals surface area contributed by atoms with E-state index in [1.165, 1.54) is 82.6 Å². The molecule has 22 heavy (non-hydrogen) atoms. The number of unbranched alkanes of at least 4 members (excludes halogenated alkanes) is 10. The van der Waals surface area contributed by atoms with Gasteiger partial charge < -0.3 is 0 Å². The predicted octanol–water partition coefficient (Wildman–Crippen LogP) is 6.41. The summed E-state index contributed by atoms with van der Waals surface area (Å²) >= 11 is 0. The Bertz CT molecular complexity index is 370. The molecular formula is C21H38N+. The Morgan fingerprint density at radius 3 is 1.91 bits per heavy atom. The summed E-state index contributed by atoms with van der Waals surface area (Å²) in [5.41, 5.74) is 1.49. The van der Waals surface area contributed by atoms with E-state index in [0.29, 0.717) is 6.04 Å². The lowest BCUT2D eigenvalue weighted by molar-refractivity contribution is -0.716. The third-order valence-corrected chi connectivity index (χ3v) is 4.55. The Labute approximate surface area is 139 Å². The van der Waals surface area contributed by atoms with Crippen molar-refractivity contribution in [3.8, 4) is 0 Å². The molecule has 1 rings (SSSR count). The van der Waals surface area contributed by atoms with E-state index in [1.54, 1.807) is 0 Å². The largest absolute Gasteiger partial charge is 0.203 e. The van der Waals surface area contributed by atoms with E-state index in [4.69, 9.17) is 0 Å². The number of aromatic nitrogens is 1. The minimum atomic E-state index is 0.567. The smallest absolute Gasteiger partial charge is 0.172 e. The molecule has 0 fully saturated rings. The van der Waals surface area contributed by atoms with Gasteiger partial charge in [0, 0.05) is 11.6 Å². The van der Waals surface area contributed by atoms with Gasteiger partial charge in [-0.2, -0.15) is 0 Å². The molecule has 0 atom stereocenters. The number of rotatable bonds is 13. The van der Waals surface area contributed by atoms with Gasteiger partial charge in [0.2, 0.25) is 0 Å². The van der Waals surface area contributed by atoms with Crippen LogP contribution in [0.3, 0.4) is 0 Å². The van der Waals surface area contributed by atoms with Crippen molar-refractivity contribution >= 4 is 0 Å². The first-order chi connectivity index (χ1) is 10.7. The zero-order valence-electron chi connectivity index (χ0n) is 15.3. The molecule has 126 valence electrons. The first kappa shape index (κ1) is 19.2. The molecule has 1 heterocycles. The maximum absolute atomic E-state index is 2.32. The number of pyridine rings is 1. The van der Waals surface area contributed by atoms with Gasteiger partial charge >= 0.3 is 0 Å². The van der Waals surface area contributed by atoms with Gasteiger partial charge in [0.25, 0.3) is 0 Å². The fourth-order valence-corrected chi connectivity index (χ4v) is 3.01. The topological polar surface area (TPSA) is 3.88 Å². The van der Waals surface area contributed by atoms with Crippen LogP contribution in [-0.2, 0) is 6.42 Å². The monoisotopic (exact) mass is 304 g/mol. The minimum Gasteiger partial charge on any atom is -0.203 e. The standard InChI is InChI=1S/C21H38N/c1-4-5-6-7-8-9-10-11-12-13-14-16-21-17-15-18-22(19-21)20(2)3/h15,17-20H,4-14,16H2,1-3H3/q+1. The molecule has 0 bridgehead atoms. The Kier molecular flexibility index (Phi) is 11.1. The van der Waals surface area contributed by atoms with Crippen LogP contribution in [0.2, 0.25) is 0 Å². The Balaban J connectivity index is 1.96. The molecule has 0 N–H and O–H groups in total. The number of hydrogen-bond acceptors (Lipinski definition) is 0. The average molecular weight is 305 g/mol. The van der Waals surface area contributed by atoms with Gasteiger partial charge in [-0.1, -0.05) is 71.1 Å². The van der Waals surface area contributed by atoms with E-state index in [1.807, 2.05) is 0 Å². The van der Waals surface area contributed by atoms with E-state index in [0.717, 1.165) is 0 Å². The van der Waals surface area contributed by atoms with Crippen molar-refractivity contribution in [3.05, 3.63) is 30.1 Å². The van der Waals surface area contributed by atoms with Crippen molar-refractivity contribution in [1.29, 1.82) is 0 Å². The van der Waals surface area contributed by atoms with Gasteiger partial charge in [-0.05, 0) is 32.8 Å². The van der Waals surface area contributed by atoms with Crippen LogP contribution in [0.15, 0.2) is 24.5 Å². The Morgan fingerprint density at radius 2 is 1.36 bits per heavy atom. The summed E-state index contributed by atoms with van der Waals surface area (Å²) in [6.07, 6.45) is 21.4. The predicted molar refractivity (Wildman–Crippen MR) is 97.2 cm³/mol. The van der Waals surface area contributed by atoms with Crippen molar-refractivity contribution in [2.24, 2.45) is 0 Å². The fourth-order valence-electron chi connectivity index (χ4n) is 3.01. The van der Waals surface area contributed by atoms with Crippen LogP contribution in [0, 0.1) is 0 Å². The molecule has 0 aliphatic carbocycles. The van der Waals surface area contributed by atoms with Gasteiger partial charge in [-0.3, -0.25) is 0 Å². The molecule has 1 heteroatoms. The highest BCUT2D eigenvalue weighted by atomic mass is 15.0. The van der Waals surface area contributed by atoms with E-state index < -0.39 is 0 Å². The highest BCUT2D eigenvalue weighted by Crippen LogP contribution is 2.12. The van der Waals surface area contributed by atoms with Gasteiger partial charge in [-0.25, -0.2) is 4.57 Å². The van der Waals surface area contributed by atoms with Crippen LogP contribution < -0.4 is 4.57 Å². The third kappa shape index (κ3) is 9.23. The second-order valence-electron chi connectivity index (χ2n) is 7.04. The number of nitrogens with zero attached hydrogens (tertiary/aromatic N) is 1. The molecule has 0 radical (unpaired) electrons. The highest BCUT2D eigenvalue weighted by Gasteiger charge is 2.06. The maximum atomic E-state index is 2.32. The molecule has 1 aromatic heterocycles. The zero-order valence-corrected chi connectivity index (χ0v) is 15.3.